The van der Waals surface area contributed by atoms with Crippen LogP contribution in [0.5, 0.6) is 0 Å². The Morgan fingerprint density at radius 3 is 2.71 bits per heavy atom. The second kappa shape index (κ2) is 5.60. The maximum absolute atomic E-state index is 13.2. The minimum Gasteiger partial charge on any atom is -0.459 e. The van der Waals surface area contributed by atoms with Crippen LogP contribution in [-0.2, 0) is 0 Å². The molecule has 3 rings (SSSR count). The molecular formula is C16H14BrFN2O. The molecule has 0 saturated heterocycles. The van der Waals surface area contributed by atoms with E-state index in [0.29, 0.717) is 10.2 Å². The Bertz CT molecular complexity index is 800. The van der Waals surface area contributed by atoms with E-state index in [-0.39, 0.29) is 11.9 Å². The van der Waals surface area contributed by atoms with Crippen LogP contribution in [0.3, 0.4) is 0 Å². The summed E-state index contributed by atoms with van der Waals surface area (Å²) in [6.45, 7) is 1.99. The zero-order valence-electron chi connectivity index (χ0n) is 11.4. The van der Waals surface area contributed by atoms with Crippen molar-refractivity contribution in [1.29, 1.82) is 0 Å². The predicted molar refractivity (Wildman–Crippen MR) is 84.2 cm³/mol. The largest absolute Gasteiger partial charge is 0.459 e. The third-order valence-corrected chi connectivity index (χ3v) is 4.17. The van der Waals surface area contributed by atoms with Crippen LogP contribution in [-0.4, -0.2) is 0 Å². The Labute approximate surface area is 130 Å². The standard InChI is InChI=1S/C16H14BrFN2O/c1-9-3-2-4-10-7-14(21-16(9)10)15(20-19)12-6-5-11(18)8-13(12)17/h2-8,15,20H,19H2,1H3. The molecule has 3 nitrogen and oxygen atoms in total. The Hall–Kier alpha value is -1.69. The maximum Gasteiger partial charge on any atom is 0.137 e. The number of aryl methyl sites for hydroxylation is 1. The molecule has 0 saturated carbocycles. The van der Waals surface area contributed by atoms with E-state index in [4.69, 9.17) is 10.3 Å². The van der Waals surface area contributed by atoms with Gasteiger partial charge in [0.2, 0.25) is 0 Å². The van der Waals surface area contributed by atoms with Gasteiger partial charge >= 0.3 is 0 Å². The maximum atomic E-state index is 13.2. The number of para-hydroxylation sites is 1. The van der Waals surface area contributed by atoms with E-state index >= 15 is 0 Å². The van der Waals surface area contributed by atoms with Crippen molar-refractivity contribution in [2.75, 3.05) is 0 Å². The molecule has 0 fully saturated rings. The van der Waals surface area contributed by atoms with E-state index in [1.165, 1.54) is 12.1 Å². The second-order valence-electron chi connectivity index (χ2n) is 4.91. The van der Waals surface area contributed by atoms with Crippen molar-refractivity contribution in [3.63, 3.8) is 0 Å². The number of halogens is 2. The summed E-state index contributed by atoms with van der Waals surface area (Å²) in [5, 5.41) is 1.02. The quantitative estimate of drug-likeness (QED) is 0.551. The molecule has 0 aliphatic rings. The molecule has 3 aromatic rings. The van der Waals surface area contributed by atoms with Gasteiger partial charge < -0.3 is 4.42 Å². The van der Waals surface area contributed by atoms with Crippen LogP contribution in [0.25, 0.3) is 11.0 Å². The summed E-state index contributed by atoms with van der Waals surface area (Å²) in [5.74, 6) is 6.06. The fourth-order valence-electron chi connectivity index (χ4n) is 2.43. The highest BCUT2D eigenvalue weighted by Crippen LogP contribution is 2.33. The first-order chi connectivity index (χ1) is 10.1. The molecule has 21 heavy (non-hydrogen) atoms. The van der Waals surface area contributed by atoms with Crippen molar-refractivity contribution >= 4 is 26.9 Å². The first kappa shape index (κ1) is 14.3. The molecule has 1 aromatic heterocycles. The minimum absolute atomic E-state index is 0.304. The highest BCUT2D eigenvalue weighted by Gasteiger charge is 2.20. The Balaban J connectivity index is 2.11. The first-order valence-electron chi connectivity index (χ1n) is 6.50. The average molecular weight is 349 g/mol. The van der Waals surface area contributed by atoms with Gasteiger partial charge in [-0.1, -0.05) is 40.2 Å². The molecule has 3 N–H and O–H groups in total. The van der Waals surface area contributed by atoms with Crippen LogP contribution in [0.2, 0.25) is 0 Å². The zero-order chi connectivity index (χ0) is 15.0. The molecule has 108 valence electrons. The molecule has 1 unspecified atom stereocenters. The van der Waals surface area contributed by atoms with Crippen LogP contribution in [0.4, 0.5) is 4.39 Å². The molecule has 1 atom stereocenters. The summed E-state index contributed by atoms with van der Waals surface area (Å²) >= 11 is 3.37. The van der Waals surface area contributed by atoms with Crippen molar-refractivity contribution in [3.8, 4) is 0 Å². The zero-order valence-corrected chi connectivity index (χ0v) is 12.9. The van der Waals surface area contributed by atoms with Gasteiger partial charge in [0, 0.05) is 9.86 Å². The van der Waals surface area contributed by atoms with Gasteiger partial charge in [0.05, 0.1) is 0 Å². The molecule has 1 heterocycles. The van der Waals surface area contributed by atoms with E-state index in [9.17, 15) is 4.39 Å². The number of hydrogen-bond acceptors (Lipinski definition) is 3. The molecule has 2 aromatic carbocycles. The van der Waals surface area contributed by atoms with E-state index in [0.717, 1.165) is 22.1 Å². The van der Waals surface area contributed by atoms with E-state index < -0.39 is 0 Å². The number of rotatable bonds is 3. The lowest BCUT2D eigenvalue weighted by Crippen LogP contribution is -2.28. The lowest BCUT2D eigenvalue weighted by molar-refractivity contribution is 0.475. The smallest absolute Gasteiger partial charge is 0.137 e. The predicted octanol–water partition coefficient (Wildman–Crippen LogP) is 4.20. The Kier molecular flexibility index (Phi) is 3.80. The van der Waals surface area contributed by atoms with Crippen molar-refractivity contribution in [3.05, 3.63) is 69.6 Å². The van der Waals surface area contributed by atoms with Gasteiger partial charge in [0.1, 0.15) is 23.2 Å². The van der Waals surface area contributed by atoms with Crippen molar-refractivity contribution in [2.24, 2.45) is 5.84 Å². The van der Waals surface area contributed by atoms with Gasteiger partial charge in [-0.3, -0.25) is 5.84 Å². The first-order valence-corrected chi connectivity index (χ1v) is 7.29. The molecule has 0 spiro atoms. The van der Waals surface area contributed by atoms with Crippen LogP contribution < -0.4 is 11.3 Å². The van der Waals surface area contributed by atoms with Crippen molar-refractivity contribution in [1.82, 2.24) is 5.43 Å². The topological polar surface area (TPSA) is 51.2 Å². The molecule has 0 bridgehead atoms. The third kappa shape index (κ3) is 2.60. The van der Waals surface area contributed by atoms with Gasteiger partial charge in [0.15, 0.2) is 0 Å². The van der Waals surface area contributed by atoms with Crippen LogP contribution in [0.1, 0.15) is 22.9 Å². The summed E-state index contributed by atoms with van der Waals surface area (Å²) < 4.78 is 19.8. The van der Waals surface area contributed by atoms with Gasteiger partial charge in [-0.2, -0.15) is 0 Å². The molecule has 0 amide bonds. The van der Waals surface area contributed by atoms with Gasteiger partial charge in [-0.25, -0.2) is 9.82 Å². The lowest BCUT2D eigenvalue weighted by Gasteiger charge is -2.15. The Morgan fingerprint density at radius 2 is 2.05 bits per heavy atom. The normalized spacial score (nSPS) is 12.8. The van der Waals surface area contributed by atoms with E-state index in [1.54, 1.807) is 6.07 Å². The molecule has 0 aliphatic heterocycles. The number of benzene rings is 2. The summed E-state index contributed by atoms with van der Waals surface area (Å²) in [7, 11) is 0. The summed E-state index contributed by atoms with van der Waals surface area (Å²) in [6.07, 6.45) is 0. The van der Waals surface area contributed by atoms with E-state index in [1.807, 2.05) is 31.2 Å². The van der Waals surface area contributed by atoms with Gasteiger partial charge in [-0.05, 0) is 36.2 Å². The average Bonchev–Trinajstić information content (AvgIpc) is 2.87. The van der Waals surface area contributed by atoms with Crippen LogP contribution in [0.15, 0.2) is 51.4 Å². The number of furan rings is 1. The summed E-state index contributed by atoms with van der Waals surface area (Å²) in [6, 6.07) is 12.1. The number of nitrogens with two attached hydrogens (primary N) is 1. The van der Waals surface area contributed by atoms with Crippen LogP contribution >= 0.6 is 15.9 Å². The highest BCUT2D eigenvalue weighted by atomic mass is 79.9. The van der Waals surface area contributed by atoms with E-state index in [2.05, 4.69) is 21.4 Å². The number of fused-ring (bicyclic) bond motifs is 1. The van der Waals surface area contributed by atoms with Crippen molar-refractivity contribution in [2.45, 2.75) is 13.0 Å². The highest BCUT2D eigenvalue weighted by molar-refractivity contribution is 9.10. The molecule has 0 aliphatic carbocycles. The van der Waals surface area contributed by atoms with Gasteiger partial charge in [-0.15, -0.1) is 0 Å². The van der Waals surface area contributed by atoms with Gasteiger partial charge in [0.25, 0.3) is 0 Å². The molecule has 0 radical (unpaired) electrons. The molecular weight excluding hydrogens is 335 g/mol. The fourth-order valence-corrected chi connectivity index (χ4v) is 3.01. The Morgan fingerprint density at radius 1 is 1.24 bits per heavy atom. The minimum atomic E-state index is -0.355. The van der Waals surface area contributed by atoms with Crippen molar-refractivity contribution < 1.29 is 8.81 Å². The summed E-state index contributed by atoms with van der Waals surface area (Å²) in [4.78, 5) is 0. The number of hydrazine groups is 1. The van der Waals surface area contributed by atoms with Crippen LogP contribution in [0, 0.1) is 12.7 Å². The number of hydrogen-bond donors (Lipinski definition) is 2. The third-order valence-electron chi connectivity index (χ3n) is 3.48. The number of nitrogens with one attached hydrogen (secondary N) is 1. The summed E-state index contributed by atoms with van der Waals surface area (Å²) in [5.41, 5.74) is 5.45. The molecule has 5 heteroatoms. The monoisotopic (exact) mass is 348 g/mol. The lowest BCUT2D eigenvalue weighted by atomic mass is 10.0. The fraction of sp³-hybridized carbons (Fsp3) is 0.125. The second-order valence-corrected chi connectivity index (χ2v) is 5.76. The SMILES string of the molecule is Cc1cccc2cc(C(NN)c3ccc(F)cc3Br)oc12.